The van der Waals surface area contributed by atoms with Gasteiger partial charge in [-0.2, -0.15) is 0 Å². The van der Waals surface area contributed by atoms with Gasteiger partial charge in [0.15, 0.2) is 0 Å². The predicted molar refractivity (Wildman–Crippen MR) is 72.5 cm³/mol. The van der Waals surface area contributed by atoms with Crippen LogP contribution in [-0.4, -0.2) is 29.6 Å². The van der Waals surface area contributed by atoms with Crippen molar-refractivity contribution < 1.29 is 5.11 Å². The van der Waals surface area contributed by atoms with E-state index >= 15 is 0 Å². The van der Waals surface area contributed by atoms with E-state index in [1.165, 1.54) is 11.1 Å². The molecule has 1 aromatic carbocycles. The summed E-state index contributed by atoms with van der Waals surface area (Å²) in [5.74, 6) is 0.477. The van der Waals surface area contributed by atoms with Crippen molar-refractivity contribution >= 4 is 17.0 Å². The lowest BCUT2D eigenvalue weighted by atomic mass is 9.87. The highest BCUT2D eigenvalue weighted by Gasteiger charge is 2.22. The Morgan fingerprint density at radius 2 is 2.19 bits per heavy atom. The maximum absolute atomic E-state index is 9.72. The van der Waals surface area contributed by atoms with Crippen molar-refractivity contribution in [3.63, 3.8) is 0 Å². The Hall–Kier alpha value is -0.540. The van der Waals surface area contributed by atoms with E-state index in [1.54, 1.807) is 6.07 Å². The number of hydrogen-bond acceptors (Lipinski definition) is 2. The standard InChI is InChI=1S/C13H19NO.BrH/c1-3-14(2)11-7-8-12-10(9-11)5-4-6-13(12)15;/h4-6,11,15H,3,7-9H2,1-2H3;1H. The van der Waals surface area contributed by atoms with Crippen molar-refractivity contribution in [2.45, 2.75) is 32.2 Å². The quantitative estimate of drug-likeness (QED) is 0.903. The van der Waals surface area contributed by atoms with E-state index in [0.29, 0.717) is 11.8 Å². The lowest BCUT2D eigenvalue weighted by molar-refractivity contribution is 0.231. The van der Waals surface area contributed by atoms with Crippen LogP contribution in [0.4, 0.5) is 0 Å². The summed E-state index contributed by atoms with van der Waals surface area (Å²) in [6.45, 7) is 3.29. The summed E-state index contributed by atoms with van der Waals surface area (Å²) in [6.07, 6.45) is 3.25. The number of nitrogens with zero attached hydrogens (tertiary/aromatic N) is 1. The number of benzene rings is 1. The molecule has 2 rings (SSSR count). The molecule has 0 aromatic heterocycles. The monoisotopic (exact) mass is 285 g/mol. The number of likely N-dealkylation sites (N-methyl/N-ethyl adjacent to an activating group) is 1. The molecule has 0 heterocycles. The lowest BCUT2D eigenvalue weighted by Gasteiger charge is -2.31. The Morgan fingerprint density at radius 3 is 2.88 bits per heavy atom. The van der Waals surface area contributed by atoms with Gasteiger partial charge in [-0.05, 0) is 50.0 Å². The molecule has 0 saturated heterocycles. The summed E-state index contributed by atoms with van der Waals surface area (Å²) < 4.78 is 0. The van der Waals surface area contributed by atoms with Crippen LogP contribution in [-0.2, 0) is 12.8 Å². The third-order valence-electron chi connectivity index (χ3n) is 3.55. The third kappa shape index (κ3) is 2.58. The highest BCUT2D eigenvalue weighted by molar-refractivity contribution is 8.93. The summed E-state index contributed by atoms with van der Waals surface area (Å²) in [4.78, 5) is 2.40. The second-order valence-corrected chi connectivity index (χ2v) is 4.38. The Balaban J connectivity index is 0.00000128. The first-order valence-corrected chi connectivity index (χ1v) is 5.72. The van der Waals surface area contributed by atoms with Gasteiger partial charge in [0, 0.05) is 6.04 Å². The van der Waals surface area contributed by atoms with Gasteiger partial charge >= 0.3 is 0 Å². The molecule has 0 bridgehead atoms. The number of aromatic hydroxyl groups is 1. The maximum atomic E-state index is 9.72. The van der Waals surface area contributed by atoms with E-state index in [4.69, 9.17) is 0 Å². The molecule has 1 aliphatic rings. The van der Waals surface area contributed by atoms with Gasteiger partial charge in [0.2, 0.25) is 0 Å². The molecule has 0 spiro atoms. The zero-order valence-corrected chi connectivity index (χ0v) is 11.7. The molecular weight excluding hydrogens is 266 g/mol. The van der Waals surface area contributed by atoms with Crippen molar-refractivity contribution in [1.29, 1.82) is 0 Å². The number of rotatable bonds is 2. The second-order valence-electron chi connectivity index (χ2n) is 4.38. The first kappa shape index (κ1) is 13.5. The Morgan fingerprint density at radius 1 is 1.44 bits per heavy atom. The Kier molecular flexibility index (Phi) is 4.81. The summed E-state index contributed by atoms with van der Waals surface area (Å²) >= 11 is 0. The second kappa shape index (κ2) is 5.69. The molecule has 1 atom stereocenters. The highest BCUT2D eigenvalue weighted by Crippen LogP contribution is 2.30. The zero-order chi connectivity index (χ0) is 10.8. The average Bonchev–Trinajstić information content (AvgIpc) is 2.28. The van der Waals surface area contributed by atoms with Gasteiger partial charge in [0.05, 0.1) is 0 Å². The number of hydrogen-bond donors (Lipinski definition) is 1. The first-order valence-electron chi connectivity index (χ1n) is 5.72. The van der Waals surface area contributed by atoms with Crippen LogP contribution in [0.15, 0.2) is 18.2 Å². The fourth-order valence-electron chi connectivity index (χ4n) is 2.40. The van der Waals surface area contributed by atoms with Crippen LogP contribution in [0, 0.1) is 0 Å². The minimum absolute atomic E-state index is 0. The van der Waals surface area contributed by atoms with Crippen LogP contribution in [0.2, 0.25) is 0 Å². The highest BCUT2D eigenvalue weighted by atomic mass is 79.9. The molecule has 1 N–H and O–H groups in total. The van der Waals surface area contributed by atoms with Gasteiger partial charge in [0.25, 0.3) is 0 Å². The summed E-state index contributed by atoms with van der Waals surface area (Å²) in [5.41, 5.74) is 2.49. The van der Waals surface area contributed by atoms with E-state index in [0.717, 1.165) is 25.8 Å². The molecule has 3 heteroatoms. The van der Waals surface area contributed by atoms with Crippen molar-refractivity contribution in [2.24, 2.45) is 0 Å². The first-order chi connectivity index (χ1) is 7.22. The molecule has 90 valence electrons. The molecule has 1 aromatic rings. The summed E-state index contributed by atoms with van der Waals surface area (Å²) in [5, 5.41) is 9.72. The van der Waals surface area contributed by atoms with Crippen LogP contribution in [0.1, 0.15) is 24.5 Å². The number of phenols is 1. The average molecular weight is 286 g/mol. The molecule has 0 saturated carbocycles. The third-order valence-corrected chi connectivity index (χ3v) is 3.55. The predicted octanol–water partition coefficient (Wildman–Crippen LogP) is 2.78. The van der Waals surface area contributed by atoms with Gasteiger partial charge in [-0.15, -0.1) is 17.0 Å². The Labute approximate surface area is 108 Å². The fourth-order valence-corrected chi connectivity index (χ4v) is 2.40. The van der Waals surface area contributed by atoms with Gasteiger partial charge in [-0.1, -0.05) is 19.1 Å². The summed E-state index contributed by atoms with van der Waals surface area (Å²) in [6, 6.07) is 6.53. The molecule has 2 nitrogen and oxygen atoms in total. The fraction of sp³-hybridized carbons (Fsp3) is 0.538. The van der Waals surface area contributed by atoms with E-state index in [2.05, 4.69) is 24.9 Å². The lowest BCUT2D eigenvalue weighted by Crippen LogP contribution is -2.36. The van der Waals surface area contributed by atoms with E-state index in [1.807, 2.05) is 6.07 Å². The van der Waals surface area contributed by atoms with Gasteiger partial charge in [-0.3, -0.25) is 0 Å². The van der Waals surface area contributed by atoms with E-state index in [9.17, 15) is 5.11 Å². The smallest absolute Gasteiger partial charge is 0.119 e. The van der Waals surface area contributed by atoms with Crippen molar-refractivity contribution in [1.82, 2.24) is 4.90 Å². The minimum Gasteiger partial charge on any atom is -0.508 e. The molecule has 1 unspecified atom stereocenters. The van der Waals surface area contributed by atoms with Crippen LogP contribution in [0.5, 0.6) is 5.75 Å². The van der Waals surface area contributed by atoms with Gasteiger partial charge in [-0.25, -0.2) is 0 Å². The number of phenolic OH excluding ortho intramolecular Hbond substituents is 1. The Bertz CT molecular complexity index is 354. The van der Waals surface area contributed by atoms with Crippen molar-refractivity contribution in [2.75, 3.05) is 13.6 Å². The summed E-state index contributed by atoms with van der Waals surface area (Å²) in [7, 11) is 2.18. The van der Waals surface area contributed by atoms with Crippen LogP contribution >= 0.6 is 17.0 Å². The zero-order valence-electron chi connectivity index (χ0n) is 9.94. The number of fused-ring (bicyclic) bond motifs is 1. The maximum Gasteiger partial charge on any atom is 0.119 e. The SMILES string of the molecule is Br.CCN(C)C1CCc2c(O)cccc2C1. The van der Waals surface area contributed by atoms with Crippen molar-refractivity contribution in [3.8, 4) is 5.75 Å². The van der Waals surface area contributed by atoms with Crippen LogP contribution in [0.3, 0.4) is 0 Å². The molecule has 0 amide bonds. The normalized spacial score (nSPS) is 19.1. The molecule has 1 aliphatic carbocycles. The molecule has 0 radical (unpaired) electrons. The topological polar surface area (TPSA) is 23.5 Å². The van der Waals surface area contributed by atoms with Gasteiger partial charge in [0.1, 0.15) is 5.75 Å². The van der Waals surface area contributed by atoms with E-state index < -0.39 is 0 Å². The minimum atomic E-state index is 0. The number of halogens is 1. The van der Waals surface area contributed by atoms with Crippen LogP contribution < -0.4 is 0 Å². The van der Waals surface area contributed by atoms with Crippen LogP contribution in [0.25, 0.3) is 0 Å². The molecular formula is C13H20BrNO. The van der Waals surface area contributed by atoms with E-state index in [-0.39, 0.29) is 17.0 Å². The largest absolute Gasteiger partial charge is 0.508 e. The van der Waals surface area contributed by atoms with Gasteiger partial charge < -0.3 is 10.0 Å². The molecule has 0 fully saturated rings. The molecule has 0 aliphatic heterocycles. The molecule has 16 heavy (non-hydrogen) atoms. The van der Waals surface area contributed by atoms with Crippen molar-refractivity contribution in [3.05, 3.63) is 29.3 Å².